The molecule has 0 radical (unpaired) electrons. The number of aliphatic hydroxyl groups is 1. The van der Waals surface area contributed by atoms with Crippen molar-refractivity contribution in [3.8, 4) is 0 Å². The van der Waals surface area contributed by atoms with Gasteiger partial charge in [-0.1, -0.05) is 13.8 Å². The summed E-state index contributed by atoms with van der Waals surface area (Å²) in [5.41, 5.74) is -0.181. The van der Waals surface area contributed by atoms with Crippen LogP contribution >= 0.6 is 11.3 Å². The largest absolute Gasteiger partial charge is 0.390 e. The normalized spacial score (nSPS) is 46.6. The van der Waals surface area contributed by atoms with Gasteiger partial charge in [0.1, 0.15) is 5.78 Å². The number of hydrogen-bond acceptors (Lipinski definition) is 4. The van der Waals surface area contributed by atoms with Gasteiger partial charge in [0, 0.05) is 17.5 Å². The molecule has 1 N–H and O–H groups in total. The quantitative estimate of drug-likeness (QED) is 0.690. The third kappa shape index (κ3) is 3.33. The van der Waals surface area contributed by atoms with Gasteiger partial charge in [-0.25, -0.2) is 4.98 Å². The number of fused-ring (bicyclic) bond motifs is 5. The van der Waals surface area contributed by atoms with Gasteiger partial charge in [0.2, 0.25) is 0 Å². The van der Waals surface area contributed by atoms with Gasteiger partial charge in [-0.3, -0.25) is 4.79 Å². The lowest BCUT2D eigenvalue weighted by molar-refractivity contribution is -0.132. The Balaban J connectivity index is 1.31. The molecule has 1 aromatic rings. The van der Waals surface area contributed by atoms with Crippen LogP contribution in [0.1, 0.15) is 83.1 Å². The summed E-state index contributed by atoms with van der Waals surface area (Å²) in [6, 6.07) is 0. The van der Waals surface area contributed by atoms with Crippen LogP contribution in [0.25, 0.3) is 0 Å². The highest BCUT2D eigenvalue weighted by Crippen LogP contribution is 2.64. The first kappa shape index (κ1) is 20.2. The van der Waals surface area contributed by atoms with E-state index in [0.717, 1.165) is 60.3 Å². The van der Waals surface area contributed by atoms with E-state index in [4.69, 9.17) is 0 Å². The molecule has 0 amide bonds. The van der Waals surface area contributed by atoms with Gasteiger partial charge in [0.25, 0.3) is 0 Å². The molecule has 4 saturated carbocycles. The summed E-state index contributed by atoms with van der Waals surface area (Å²) < 4.78 is 0. The number of thiazole rings is 1. The molecule has 4 aliphatic carbocycles. The van der Waals surface area contributed by atoms with Crippen molar-refractivity contribution in [2.24, 2.45) is 40.9 Å². The second-order valence-electron chi connectivity index (χ2n) is 11.0. The summed E-state index contributed by atoms with van der Waals surface area (Å²) >= 11 is 1.62. The van der Waals surface area contributed by atoms with Crippen LogP contribution in [-0.4, -0.2) is 21.5 Å². The molecule has 5 rings (SSSR count). The molecule has 4 heteroatoms. The van der Waals surface area contributed by atoms with Crippen molar-refractivity contribution in [3.05, 3.63) is 16.6 Å². The lowest BCUT2D eigenvalue weighted by Crippen LogP contribution is -2.51. The van der Waals surface area contributed by atoms with E-state index < -0.39 is 5.60 Å². The van der Waals surface area contributed by atoms with Gasteiger partial charge in [0.15, 0.2) is 0 Å². The smallest absolute Gasteiger partial charge is 0.143 e. The second-order valence-corrected chi connectivity index (χ2v) is 12.0. The summed E-state index contributed by atoms with van der Waals surface area (Å²) in [5.74, 6) is 4.66. The summed E-state index contributed by atoms with van der Waals surface area (Å²) in [6.45, 7) is 4.60. The molecule has 3 nitrogen and oxygen atoms in total. The highest BCUT2D eigenvalue weighted by atomic mass is 32.1. The first-order chi connectivity index (χ1) is 13.9. The van der Waals surface area contributed by atoms with E-state index >= 15 is 0 Å². The molecular formula is C25H37NO2S. The number of carbonyl (C=O) groups excluding carboxylic acids is 1. The molecule has 0 aromatic carbocycles. The maximum atomic E-state index is 13.2. The maximum Gasteiger partial charge on any atom is 0.143 e. The Morgan fingerprint density at radius 1 is 1.14 bits per heavy atom. The Hall–Kier alpha value is -0.740. The minimum atomic E-state index is -0.391. The van der Waals surface area contributed by atoms with Gasteiger partial charge in [-0.05, 0) is 99.2 Å². The monoisotopic (exact) mass is 415 g/mol. The maximum absolute atomic E-state index is 13.2. The molecule has 0 unspecified atom stereocenters. The standard InChI is InChI=1S/C25H37NO2S/c1-3-25(28)11-9-17-16(15-25)4-5-19-18(17)8-10-24(2)20(19)6-7-21(24)22(27)14-23-26-12-13-29-23/h12-13,16-21,28H,3-11,14-15H2,1-2H3/t16-,17+,18-,19-,20+,21-,24+,25-/m1/s1. The van der Waals surface area contributed by atoms with E-state index in [1.807, 2.05) is 11.6 Å². The van der Waals surface area contributed by atoms with Crippen molar-refractivity contribution in [2.75, 3.05) is 0 Å². The summed E-state index contributed by atoms with van der Waals surface area (Å²) in [4.78, 5) is 17.6. The summed E-state index contributed by atoms with van der Waals surface area (Å²) in [6.07, 6.45) is 14.1. The zero-order chi connectivity index (χ0) is 20.2. The SMILES string of the molecule is CC[C@@]1(O)CC[C@H]2[C@H](CC[C@@H]3[C@@H]2CC[C@]2(C)[C@@H](C(=O)Cc4nccs4)CC[C@@H]32)C1. The van der Waals surface area contributed by atoms with Gasteiger partial charge in [-0.2, -0.15) is 0 Å². The zero-order valence-electron chi connectivity index (χ0n) is 18.1. The molecule has 0 spiro atoms. The number of ketones is 1. The minimum Gasteiger partial charge on any atom is -0.390 e. The van der Waals surface area contributed by atoms with Gasteiger partial charge in [-0.15, -0.1) is 11.3 Å². The molecule has 4 fully saturated rings. The van der Waals surface area contributed by atoms with Crippen molar-refractivity contribution in [1.29, 1.82) is 0 Å². The Morgan fingerprint density at radius 2 is 1.97 bits per heavy atom. The number of carbonyl (C=O) groups is 1. The Labute approximate surface area is 179 Å². The molecule has 8 atom stereocenters. The fourth-order valence-corrected chi connectivity index (χ4v) is 9.05. The van der Waals surface area contributed by atoms with Crippen molar-refractivity contribution in [3.63, 3.8) is 0 Å². The Bertz CT molecular complexity index is 748. The Morgan fingerprint density at radius 3 is 2.72 bits per heavy atom. The van der Waals surface area contributed by atoms with Crippen LogP contribution in [0.2, 0.25) is 0 Å². The third-order valence-corrected chi connectivity index (χ3v) is 10.7. The molecule has 1 heterocycles. The number of nitrogens with zero attached hydrogens (tertiary/aromatic N) is 1. The average Bonchev–Trinajstić information content (AvgIpc) is 3.34. The predicted molar refractivity (Wildman–Crippen MR) is 117 cm³/mol. The van der Waals surface area contributed by atoms with Gasteiger partial charge < -0.3 is 5.11 Å². The molecule has 29 heavy (non-hydrogen) atoms. The molecule has 1 aromatic heterocycles. The van der Waals surface area contributed by atoms with Crippen molar-refractivity contribution in [2.45, 2.75) is 90.1 Å². The van der Waals surface area contributed by atoms with E-state index in [1.165, 1.54) is 38.5 Å². The van der Waals surface area contributed by atoms with E-state index in [9.17, 15) is 9.90 Å². The highest BCUT2D eigenvalue weighted by Gasteiger charge is 2.58. The molecule has 0 aliphatic heterocycles. The van der Waals surface area contributed by atoms with Crippen LogP contribution in [0.15, 0.2) is 11.6 Å². The first-order valence-corrected chi connectivity index (χ1v) is 12.9. The molecule has 0 saturated heterocycles. The number of aromatic nitrogens is 1. The van der Waals surface area contributed by atoms with Gasteiger partial charge in [0.05, 0.1) is 17.0 Å². The zero-order valence-corrected chi connectivity index (χ0v) is 18.9. The van der Waals surface area contributed by atoms with E-state index in [-0.39, 0.29) is 11.3 Å². The molecular weight excluding hydrogens is 378 g/mol. The Kier molecular flexibility index (Phi) is 5.18. The van der Waals surface area contributed by atoms with Crippen LogP contribution in [0.3, 0.4) is 0 Å². The number of rotatable bonds is 4. The van der Waals surface area contributed by atoms with Crippen molar-refractivity contribution < 1.29 is 9.90 Å². The highest BCUT2D eigenvalue weighted by molar-refractivity contribution is 7.09. The number of hydrogen-bond donors (Lipinski definition) is 1. The lowest BCUT2D eigenvalue weighted by atomic mass is 9.48. The van der Waals surface area contributed by atoms with Crippen LogP contribution in [0, 0.1) is 40.9 Å². The van der Waals surface area contributed by atoms with E-state index in [1.54, 1.807) is 11.3 Å². The van der Waals surface area contributed by atoms with Crippen molar-refractivity contribution >= 4 is 17.1 Å². The van der Waals surface area contributed by atoms with Crippen molar-refractivity contribution in [1.82, 2.24) is 4.98 Å². The average molecular weight is 416 g/mol. The van der Waals surface area contributed by atoms with Crippen LogP contribution in [0.5, 0.6) is 0 Å². The van der Waals surface area contributed by atoms with Crippen LogP contribution in [0.4, 0.5) is 0 Å². The molecule has 4 aliphatic rings. The molecule has 0 bridgehead atoms. The fourth-order valence-electron chi connectivity index (χ4n) is 8.43. The fraction of sp³-hybridized carbons (Fsp3) is 0.840. The predicted octanol–water partition coefficient (Wildman–Crippen LogP) is 5.66. The lowest BCUT2D eigenvalue weighted by Gasteiger charge is -2.57. The van der Waals surface area contributed by atoms with Crippen LogP contribution < -0.4 is 0 Å². The minimum absolute atomic E-state index is 0.209. The van der Waals surface area contributed by atoms with Crippen LogP contribution in [-0.2, 0) is 11.2 Å². The summed E-state index contributed by atoms with van der Waals surface area (Å²) in [7, 11) is 0. The van der Waals surface area contributed by atoms with Gasteiger partial charge >= 0.3 is 0 Å². The first-order valence-electron chi connectivity index (χ1n) is 12.1. The number of Topliss-reactive ketones (excluding diaryl/α,β-unsaturated/α-hetero) is 1. The second kappa shape index (κ2) is 7.44. The molecule has 160 valence electrons. The van der Waals surface area contributed by atoms with E-state index in [0.29, 0.717) is 12.2 Å². The topological polar surface area (TPSA) is 50.2 Å². The third-order valence-electron chi connectivity index (χ3n) is 9.96. The summed E-state index contributed by atoms with van der Waals surface area (Å²) in [5, 5.41) is 13.8. The van der Waals surface area contributed by atoms with E-state index in [2.05, 4.69) is 18.8 Å².